The summed E-state index contributed by atoms with van der Waals surface area (Å²) in [6, 6.07) is 0. The van der Waals surface area contributed by atoms with Gasteiger partial charge in [0.1, 0.15) is 24.4 Å². The Bertz CT molecular complexity index is 241. The molecule has 0 aromatic heterocycles. The number of aliphatic hydroxyl groups excluding tert-OH is 4. The second-order valence-electron chi connectivity index (χ2n) is 3.57. The van der Waals surface area contributed by atoms with Gasteiger partial charge in [0.2, 0.25) is 0 Å². The lowest BCUT2D eigenvalue weighted by Gasteiger charge is -2.39. The number of hydrogen-bond donors (Lipinski definition) is 5. The summed E-state index contributed by atoms with van der Waals surface area (Å²) in [7, 11) is 0. The number of aliphatic hydroxyl groups is 4. The summed E-state index contributed by atoms with van der Waals surface area (Å²) in [5, 5.41) is 45.8. The van der Waals surface area contributed by atoms with E-state index in [0.717, 1.165) is 0 Å². The number of aliphatic carboxylic acids is 1. The zero-order chi connectivity index (χ0) is 11.7. The van der Waals surface area contributed by atoms with Crippen LogP contribution in [-0.2, 0) is 9.53 Å². The summed E-state index contributed by atoms with van der Waals surface area (Å²) in [5.41, 5.74) is 0. The van der Waals surface area contributed by atoms with Gasteiger partial charge in [-0.15, -0.1) is 0 Å². The molecule has 0 radical (unpaired) electrons. The van der Waals surface area contributed by atoms with E-state index in [0.29, 0.717) is 0 Å². The lowest BCUT2D eigenvalue weighted by Crippen LogP contribution is -2.62. The Labute approximate surface area is 85.5 Å². The first-order valence-corrected chi connectivity index (χ1v) is 4.46. The van der Waals surface area contributed by atoms with Crippen molar-refractivity contribution in [2.45, 2.75) is 43.5 Å². The van der Waals surface area contributed by atoms with Gasteiger partial charge in [-0.3, -0.25) is 0 Å². The van der Waals surface area contributed by atoms with Crippen LogP contribution < -0.4 is 0 Å². The fraction of sp³-hybridized carbons (Fsp3) is 0.875. The third-order valence-electron chi connectivity index (χ3n) is 2.37. The van der Waals surface area contributed by atoms with Gasteiger partial charge in [-0.2, -0.15) is 0 Å². The molecule has 0 bridgehead atoms. The van der Waals surface area contributed by atoms with E-state index in [1.807, 2.05) is 0 Å². The minimum absolute atomic E-state index is 1.15. The maximum Gasteiger partial charge on any atom is 0.335 e. The Kier molecular flexibility index (Phi) is 3.63. The van der Waals surface area contributed by atoms with Crippen molar-refractivity contribution in [3.05, 3.63) is 0 Å². The summed E-state index contributed by atoms with van der Waals surface area (Å²) < 4.78 is 4.79. The van der Waals surface area contributed by atoms with Crippen LogP contribution in [0.4, 0.5) is 0 Å². The van der Waals surface area contributed by atoms with E-state index in [2.05, 4.69) is 0 Å². The number of carboxylic acids is 1. The minimum atomic E-state index is -1.72. The molecular formula is C8H14O7. The number of rotatable bonds is 2. The van der Waals surface area contributed by atoms with Crippen molar-refractivity contribution >= 4 is 5.97 Å². The Hall–Kier alpha value is -0.730. The van der Waals surface area contributed by atoms with Gasteiger partial charge >= 0.3 is 5.97 Å². The predicted octanol–water partition coefficient (Wildman–Crippen LogP) is -2.70. The molecule has 1 saturated heterocycles. The van der Waals surface area contributed by atoms with Gasteiger partial charge in [-0.05, 0) is 6.92 Å². The molecule has 0 spiro atoms. The number of ether oxygens (including phenoxy) is 1. The van der Waals surface area contributed by atoms with Gasteiger partial charge in [0.05, 0.1) is 6.10 Å². The molecule has 1 aliphatic heterocycles. The normalized spacial score (nSPS) is 43.7. The summed E-state index contributed by atoms with van der Waals surface area (Å²) in [6.07, 6.45) is -8.92. The topological polar surface area (TPSA) is 127 Å². The zero-order valence-corrected chi connectivity index (χ0v) is 8.02. The van der Waals surface area contributed by atoms with E-state index >= 15 is 0 Å². The van der Waals surface area contributed by atoms with Crippen molar-refractivity contribution in [2.24, 2.45) is 0 Å². The average molecular weight is 222 g/mol. The first-order chi connectivity index (χ1) is 6.86. The van der Waals surface area contributed by atoms with Crippen molar-refractivity contribution in [1.29, 1.82) is 0 Å². The fourth-order valence-corrected chi connectivity index (χ4v) is 1.51. The van der Waals surface area contributed by atoms with E-state index in [1.54, 1.807) is 0 Å². The summed E-state index contributed by atoms with van der Waals surface area (Å²) in [4.78, 5) is 10.6. The number of hydrogen-bond acceptors (Lipinski definition) is 6. The molecule has 7 nitrogen and oxygen atoms in total. The lowest BCUT2D eigenvalue weighted by atomic mass is 9.93. The summed E-state index contributed by atoms with van der Waals surface area (Å²) in [6.45, 7) is 1.29. The lowest BCUT2D eigenvalue weighted by molar-refractivity contribution is -0.242. The Morgan fingerprint density at radius 2 is 1.73 bits per heavy atom. The van der Waals surface area contributed by atoms with Crippen LogP contribution >= 0.6 is 0 Å². The molecule has 0 saturated carbocycles. The zero-order valence-electron chi connectivity index (χ0n) is 8.02. The van der Waals surface area contributed by atoms with E-state index < -0.39 is 42.6 Å². The third-order valence-corrected chi connectivity index (χ3v) is 2.37. The highest BCUT2D eigenvalue weighted by Gasteiger charge is 2.48. The van der Waals surface area contributed by atoms with Crippen LogP contribution in [0.1, 0.15) is 6.92 Å². The molecule has 0 aromatic rings. The van der Waals surface area contributed by atoms with Crippen molar-refractivity contribution in [2.75, 3.05) is 0 Å². The highest BCUT2D eigenvalue weighted by molar-refractivity contribution is 5.73. The highest BCUT2D eigenvalue weighted by atomic mass is 16.6. The van der Waals surface area contributed by atoms with Crippen LogP contribution in [0, 0.1) is 0 Å². The second kappa shape index (κ2) is 4.42. The molecule has 0 amide bonds. The SMILES string of the molecule is CC(O)[C@H]1O[C@@H](C(=O)O)[C@H](O)[C@@H](O)[C@@H]1O. The summed E-state index contributed by atoms with van der Waals surface area (Å²) in [5.74, 6) is -1.46. The van der Waals surface area contributed by atoms with E-state index in [1.165, 1.54) is 6.92 Å². The maximum atomic E-state index is 10.6. The quantitative estimate of drug-likeness (QED) is 0.344. The molecule has 1 fully saturated rings. The van der Waals surface area contributed by atoms with Crippen LogP contribution in [-0.4, -0.2) is 68.1 Å². The number of carboxylic acid groups (broad SMARTS) is 1. The van der Waals surface area contributed by atoms with Crippen LogP contribution in [0.15, 0.2) is 0 Å². The molecule has 1 heterocycles. The smallest absolute Gasteiger partial charge is 0.335 e. The van der Waals surface area contributed by atoms with Crippen molar-refractivity contribution in [3.63, 3.8) is 0 Å². The van der Waals surface area contributed by atoms with Gasteiger partial charge in [0.25, 0.3) is 0 Å². The summed E-state index contributed by atoms with van der Waals surface area (Å²) >= 11 is 0. The largest absolute Gasteiger partial charge is 0.479 e. The van der Waals surface area contributed by atoms with Gasteiger partial charge in [0.15, 0.2) is 6.10 Å². The molecule has 5 N–H and O–H groups in total. The van der Waals surface area contributed by atoms with Gasteiger partial charge < -0.3 is 30.3 Å². The molecule has 1 rings (SSSR count). The molecule has 6 atom stereocenters. The standard InChI is InChI=1S/C8H14O7/c1-2(9)6-4(11)3(10)5(12)7(15-6)8(13)14/h2-7,9-12H,1H3,(H,13,14)/t2?,3-,4-,5+,6+,7+/m0/s1. The maximum absolute atomic E-state index is 10.6. The van der Waals surface area contributed by atoms with E-state index in [-0.39, 0.29) is 0 Å². The first-order valence-electron chi connectivity index (χ1n) is 4.46. The van der Waals surface area contributed by atoms with Gasteiger partial charge in [0, 0.05) is 0 Å². The van der Waals surface area contributed by atoms with Gasteiger partial charge in [-0.1, -0.05) is 0 Å². The first kappa shape index (κ1) is 12.3. The molecule has 88 valence electrons. The predicted molar refractivity (Wildman–Crippen MR) is 46.0 cm³/mol. The Morgan fingerprint density at radius 3 is 2.13 bits per heavy atom. The second-order valence-corrected chi connectivity index (χ2v) is 3.57. The monoisotopic (exact) mass is 222 g/mol. The van der Waals surface area contributed by atoms with Crippen molar-refractivity contribution < 1.29 is 35.1 Å². The fourth-order valence-electron chi connectivity index (χ4n) is 1.51. The molecule has 0 aromatic carbocycles. The molecule has 1 unspecified atom stereocenters. The van der Waals surface area contributed by atoms with Crippen molar-refractivity contribution in [3.8, 4) is 0 Å². The molecular weight excluding hydrogens is 208 g/mol. The average Bonchev–Trinajstić information content (AvgIpc) is 2.13. The third kappa shape index (κ3) is 2.27. The van der Waals surface area contributed by atoms with Gasteiger partial charge in [-0.25, -0.2) is 4.79 Å². The van der Waals surface area contributed by atoms with E-state index in [4.69, 9.17) is 9.84 Å². The Balaban J connectivity index is 2.85. The van der Waals surface area contributed by atoms with Crippen LogP contribution in [0.2, 0.25) is 0 Å². The van der Waals surface area contributed by atoms with Crippen LogP contribution in [0.3, 0.4) is 0 Å². The Morgan fingerprint density at radius 1 is 1.20 bits per heavy atom. The molecule has 7 heteroatoms. The highest BCUT2D eigenvalue weighted by Crippen LogP contribution is 2.23. The number of carbonyl (C=O) groups is 1. The molecule has 15 heavy (non-hydrogen) atoms. The van der Waals surface area contributed by atoms with E-state index in [9.17, 15) is 25.2 Å². The van der Waals surface area contributed by atoms with Crippen LogP contribution in [0.25, 0.3) is 0 Å². The molecule has 0 aliphatic carbocycles. The molecule has 1 aliphatic rings. The minimum Gasteiger partial charge on any atom is -0.479 e. The van der Waals surface area contributed by atoms with Crippen LogP contribution in [0.5, 0.6) is 0 Å². The van der Waals surface area contributed by atoms with Crippen molar-refractivity contribution in [1.82, 2.24) is 0 Å².